The Morgan fingerprint density at radius 3 is 1.42 bits per heavy atom. The fraction of sp³-hybridized carbons (Fsp3) is 0. The van der Waals surface area contributed by atoms with Crippen molar-refractivity contribution in [3.63, 3.8) is 0 Å². The lowest BCUT2D eigenvalue weighted by Crippen LogP contribution is -2.00. The summed E-state index contributed by atoms with van der Waals surface area (Å²) in [6.45, 7) is 0. The molecule has 0 bridgehead atoms. The van der Waals surface area contributed by atoms with Gasteiger partial charge in [-0.3, -0.25) is 4.40 Å². The highest BCUT2D eigenvalue weighted by molar-refractivity contribution is 6.07. The summed E-state index contributed by atoms with van der Waals surface area (Å²) in [5.74, 6) is 1.85. The van der Waals surface area contributed by atoms with Gasteiger partial charge >= 0.3 is 0 Å². The number of hydrogen-bond donors (Lipinski definition) is 0. The molecule has 5 nitrogen and oxygen atoms in total. The molecule has 0 atom stereocenters. The molecule has 52 heavy (non-hydrogen) atoms. The lowest BCUT2D eigenvalue weighted by Gasteiger charge is -2.11. The maximum atomic E-state index is 6.48. The Labute approximate surface area is 300 Å². The summed E-state index contributed by atoms with van der Waals surface area (Å²) in [5, 5.41) is 1.14. The first-order valence-electron chi connectivity index (χ1n) is 17.4. The predicted octanol–water partition coefficient (Wildman–Crippen LogP) is 12.0. The molecular weight excluding hydrogens is 637 g/mol. The Kier molecular flexibility index (Phi) is 7.07. The normalized spacial score (nSPS) is 11.5. The summed E-state index contributed by atoms with van der Waals surface area (Å²) < 4.78 is 8.69. The zero-order chi connectivity index (χ0) is 34.4. The minimum absolute atomic E-state index is 0.609. The van der Waals surface area contributed by atoms with Gasteiger partial charge in [-0.25, -0.2) is 15.0 Å². The van der Waals surface area contributed by atoms with E-state index >= 15 is 0 Å². The smallest absolute Gasteiger partial charge is 0.213 e. The molecule has 0 aliphatic heterocycles. The van der Waals surface area contributed by atoms with Crippen LogP contribution >= 0.6 is 0 Å². The van der Waals surface area contributed by atoms with Crippen molar-refractivity contribution in [1.29, 1.82) is 0 Å². The van der Waals surface area contributed by atoms with Crippen LogP contribution in [0.2, 0.25) is 0 Å². The maximum Gasteiger partial charge on any atom is 0.213 e. The molecule has 7 aromatic carbocycles. The zero-order valence-electron chi connectivity index (χ0n) is 28.0. The van der Waals surface area contributed by atoms with Crippen molar-refractivity contribution in [2.24, 2.45) is 0 Å². The second-order valence-electron chi connectivity index (χ2n) is 12.9. The highest BCUT2D eigenvalue weighted by atomic mass is 16.3. The van der Waals surface area contributed by atoms with Crippen LogP contribution in [0.4, 0.5) is 0 Å². The summed E-state index contributed by atoms with van der Waals surface area (Å²) in [5.41, 5.74) is 13.2. The number of oxazole rings is 1. The molecule has 10 aromatic rings. The van der Waals surface area contributed by atoms with Gasteiger partial charge in [-0.1, -0.05) is 152 Å². The molecule has 0 aliphatic carbocycles. The molecule has 3 heterocycles. The number of hydrogen-bond acceptors (Lipinski definition) is 4. The third-order valence-electron chi connectivity index (χ3n) is 9.67. The van der Waals surface area contributed by atoms with Crippen molar-refractivity contribution < 1.29 is 4.42 Å². The molecule has 0 saturated carbocycles. The Bertz CT molecular complexity index is 2790. The van der Waals surface area contributed by atoms with Gasteiger partial charge in [0.1, 0.15) is 0 Å². The van der Waals surface area contributed by atoms with Gasteiger partial charge in [0.15, 0.2) is 23.1 Å². The molecule has 3 aromatic heterocycles. The van der Waals surface area contributed by atoms with Gasteiger partial charge in [-0.15, -0.1) is 0 Å². The summed E-state index contributed by atoms with van der Waals surface area (Å²) >= 11 is 0. The van der Waals surface area contributed by atoms with E-state index in [1.54, 1.807) is 0 Å². The second-order valence-corrected chi connectivity index (χ2v) is 12.9. The van der Waals surface area contributed by atoms with Crippen LogP contribution in [0, 0.1) is 0 Å². The Morgan fingerprint density at radius 2 is 0.808 bits per heavy atom. The zero-order valence-corrected chi connectivity index (χ0v) is 28.0. The van der Waals surface area contributed by atoms with Crippen LogP contribution in [0.3, 0.4) is 0 Å². The highest BCUT2D eigenvalue weighted by Gasteiger charge is 2.20. The van der Waals surface area contributed by atoms with E-state index in [1.165, 1.54) is 0 Å². The molecule has 10 rings (SSSR count). The van der Waals surface area contributed by atoms with Crippen LogP contribution in [-0.2, 0) is 0 Å². The van der Waals surface area contributed by atoms with Gasteiger partial charge in [0.25, 0.3) is 0 Å². The molecular formula is C47H30N4O. The number of aromatic nitrogens is 4. The Morgan fingerprint density at radius 1 is 0.346 bits per heavy atom. The van der Waals surface area contributed by atoms with Crippen LogP contribution in [0.5, 0.6) is 0 Å². The van der Waals surface area contributed by atoms with Crippen molar-refractivity contribution in [3.05, 3.63) is 182 Å². The van der Waals surface area contributed by atoms with E-state index in [9.17, 15) is 0 Å². The van der Waals surface area contributed by atoms with Gasteiger partial charge < -0.3 is 4.42 Å². The van der Waals surface area contributed by atoms with Crippen LogP contribution in [0.1, 0.15) is 0 Å². The SMILES string of the molecule is c1ccc(-c2cccc(-c3nc(-c4ccc(-c5c6ccccc6n6c5oc5ccccc56)cc4)nc(-c4cccc(-c5ccccc5)c4)n3)c2)cc1. The van der Waals surface area contributed by atoms with E-state index in [2.05, 4.69) is 156 Å². The minimum Gasteiger partial charge on any atom is -0.438 e. The van der Waals surface area contributed by atoms with Crippen molar-refractivity contribution in [2.45, 2.75) is 0 Å². The molecule has 0 N–H and O–H groups in total. The van der Waals surface area contributed by atoms with Gasteiger partial charge in [0.05, 0.1) is 16.6 Å². The highest BCUT2D eigenvalue weighted by Crippen LogP contribution is 2.40. The third kappa shape index (κ3) is 5.15. The van der Waals surface area contributed by atoms with Crippen LogP contribution in [-0.4, -0.2) is 19.4 Å². The topological polar surface area (TPSA) is 56.2 Å². The lowest BCUT2D eigenvalue weighted by molar-refractivity contribution is 0.658. The summed E-state index contributed by atoms with van der Waals surface area (Å²) in [4.78, 5) is 15.3. The largest absolute Gasteiger partial charge is 0.438 e. The number of nitrogens with zero attached hydrogens (tertiary/aromatic N) is 4. The fourth-order valence-electron chi connectivity index (χ4n) is 7.15. The Balaban J connectivity index is 1.11. The average molecular weight is 667 g/mol. The average Bonchev–Trinajstić information content (AvgIpc) is 3.76. The number of benzene rings is 7. The van der Waals surface area contributed by atoms with Crippen LogP contribution < -0.4 is 0 Å². The monoisotopic (exact) mass is 666 g/mol. The molecule has 244 valence electrons. The molecule has 0 amide bonds. The van der Waals surface area contributed by atoms with E-state index in [-0.39, 0.29) is 0 Å². The molecule has 5 heteroatoms. The molecule has 0 spiro atoms. The van der Waals surface area contributed by atoms with Crippen molar-refractivity contribution in [1.82, 2.24) is 19.4 Å². The first kappa shape index (κ1) is 29.8. The standard InChI is InChI=1S/C47H30N4O/c1-3-13-31(14-4-1)35-17-11-19-37(29-35)45-48-44(49-46(50-45)38-20-12-18-36(30-38)32-15-5-2-6-16-32)34-27-25-33(26-28-34)43-39-21-7-8-22-40(39)51-41-23-9-10-24-42(41)52-47(43)51/h1-30H. The maximum absolute atomic E-state index is 6.48. The number of para-hydroxylation sites is 3. The lowest BCUT2D eigenvalue weighted by atomic mass is 10.0. The van der Waals surface area contributed by atoms with E-state index in [0.29, 0.717) is 17.5 Å². The molecule has 0 fully saturated rings. The van der Waals surface area contributed by atoms with Crippen molar-refractivity contribution >= 4 is 27.7 Å². The Hall–Kier alpha value is -7.11. The van der Waals surface area contributed by atoms with Crippen molar-refractivity contribution in [3.8, 4) is 67.5 Å². The fourth-order valence-corrected chi connectivity index (χ4v) is 7.15. The van der Waals surface area contributed by atoms with Crippen molar-refractivity contribution in [2.75, 3.05) is 0 Å². The molecule has 0 radical (unpaired) electrons. The van der Waals surface area contributed by atoms with Gasteiger partial charge in [-0.2, -0.15) is 0 Å². The minimum atomic E-state index is 0.609. The third-order valence-corrected chi connectivity index (χ3v) is 9.67. The molecule has 0 unspecified atom stereocenters. The van der Waals surface area contributed by atoms with E-state index in [1.807, 2.05) is 30.3 Å². The van der Waals surface area contributed by atoms with Gasteiger partial charge in [0.2, 0.25) is 5.71 Å². The number of fused-ring (bicyclic) bond motifs is 5. The van der Waals surface area contributed by atoms with Gasteiger partial charge in [-0.05, 0) is 58.1 Å². The summed E-state index contributed by atoms with van der Waals surface area (Å²) in [6, 6.07) is 62.7. The van der Waals surface area contributed by atoms with E-state index < -0.39 is 0 Å². The first-order chi connectivity index (χ1) is 25.8. The number of rotatable bonds is 6. The van der Waals surface area contributed by atoms with E-state index in [0.717, 1.165) is 77.8 Å². The summed E-state index contributed by atoms with van der Waals surface area (Å²) in [7, 11) is 0. The molecule has 0 aliphatic rings. The second kappa shape index (κ2) is 12.3. The summed E-state index contributed by atoms with van der Waals surface area (Å²) in [6.07, 6.45) is 0. The van der Waals surface area contributed by atoms with Crippen LogP contribution in [0.15, 0.2) is 186 Å². The predicted molar refractivity (Wildman–Crippen MR) is 211 cm³/mol. The van der Waals surface area contributed by atoms with Crippen LogP contribution in [0.25, 0.3) is 95.3 Å². The molecule has 0 saturated heterocycles. The van der Waals surface area contributed by atoms with Gasteiger partial charge in [0, 0.05) is 22.1 Å². The quantitative estimate of drug-likeness (QED) is 0.177. The van der Waals surface area contributed by atoms with E-state index in [4.69, 9.17) is 19.4 Å². The first-order valence-corrected chi connectivity index (χ1v) is 17.4.